The van der Waals surface area contributed by atoms with Gasteiger partial charge in [0.25, 0.3) is 11.5 Å². The van der Waals surface area contributed by atoms with E-state index in [1.165, 1.54) is 6.07 Å². The maximum Gasteiger partial charge on any atom is 0.349 e. The van der Waals surface area contributed by atoms with E-state index in [0.29, 0.717) is 49.0 Å². The van der Waals surface area contributed by atoms with Crippen molar-refractivity contribution in [1.29, 1.82) is 0 Å². The predicted octanol–water partition coefficient (Wildman–Crippen LogP) is 1.28. The number of carbonyl (C=O) groups is 1. The van der Waals surface area contributed by atoms with Gasteiger partial charge in [-0.2, -0.15) is 4.98 Å². The number of nitrogens with zero attached hydrogens (tertiary/aromatic N) is 2. The van der Waals surface area contributed by atoms with Gasteiger partial charge in [-0.05, 0) is 44.2 Å². The summed E-state index contributed by atoms with van der Waals surface area (Å²) in [7, 11) is 0. The number of amides is 1. The quantitative estimate of drug-likeness (QED) is 0.705. The SMILES string of the molecule is Cc1cc(C2CCC2)oc(=O)c1C(=O)NC1CCN(c2cc(=O)[nH]c(N)n2)CC1. The zero-order valence-corrected chi connectivity index (χ0v) is 16.4. The first-order valence-electron chi connectivity index (χ1n) is 9.98. The zero-order chi connectivity index (χ0) is 20.5. The number of aromatic nitrogens is 2. The molecule has 1 aliphatic heterocycles. The lowest BCUT2D eigenvalue weighted by Crippen LogP contribution is -2.46. The number of aromatic amines is 1. The van der Waals surface area contributed by atoms with Crippen LogP contribution < -0.4 is 27.1 Å². The first-order valence-corrected chi connectivity index (χ1v) is 9.98. The molecule has 3 heterocycles. The first kappa shape index (κ1) is 19.2. The summed E-state index contributed by atoms with van der Waals surface area (Å²) in [6, 6.07) is 3.17. The van der Waals surface area contributed by atoms with Crippen molar-refractivity contribution in [2.45, 2.75) is 51.0 Å². The van der Waals surface area contributed by atoms with Crippen LogP contribution in [0.4, 0.5) is 11.8 Å². The number of nitrogens with two attached hydrogens (primary N) is 1. The van der Waals surface area contributed by atoms with Gasteiger partial charge in [-0.25, -0.2) is 4.79 Å². The minimum atomic E-state index is -0.565. The Morgan fingerprint density at radius 3 is 2.55 bits per heavy atom. The van der Waals surface area contributed by atoms with Crippen molar-refractivity contribution >= 4 is 17.7 Å². The van der Waals surface area contributed by atoms with Crippen molar-refractivity contribution in [2.24, 2.45) is 0 Å². The van der Waals surface area contributed by atoms with E-state index in [1.807, 2.05) is 11.0 Å². The molecule has 2 fully saturated rings. The lowest BCUT2D eigenvalue weighted by atomic mass is 9.83. The molecule has 0 aromatic carbocycles. The van der Waals surface area contributed by atoms with Crippen molar-refractivity contribution in [2.75, 3.05) is 23.7 Å². The van der Waals surface area contributed by atoms with Gasteiger partial charge < -0.3 is 20.4 Å². The van der Waals surface area contributed by atoms with Crippen molar-refractivity contribution < 1.29 is 9.21 Å². The number of hydrogen-bond acceptors (Lipinski definition) is 7. The zero-order valence-electron chi connectivity index (χ0n) is 16.4. The maximum absolute atomic E-state index is 12.7. The van der Waals surface area contributed by atoms with Gasteiger partial charge in [-0.1, -0.05) is 6.42 Å². The van der Waals surface area contributed by atoms with Crippen LogP contribution in [0.1, 0.15) is 59.7 Å². The van der Waals surface area contributed by atoms with E-state index in [2.05, 4.69) is 15.3 Å². The van der Waals surface area contributed by atoms with E-state index in [-0.39, 0.29) is 23.1 Å². The van der Waals surface area contributed by atoms with E-state index in [1.54, 1.807) is 6.92 Å². The number of nitrogen functional groups attached to an aromatic ring is 1. The summed E-state index contributed by atoms with van der Waals surface area (Å²) in [6.45, 7) is 3.02. The Morgan fingerprint density at radius 2 is 1.97 bits per heavy atom. The third-order valence-electron chi connectivity index (χ3n) is 5.80. The summed E-state index contributed by atoms with van der Waals surface area (Å²) in [6.07, 6.45) is 4.55. The van der Waals surface area contributed by atoms with Crippen LogP contribution in [0.2, 0.25) is 0 Å². The number of aryl methyl sites for hydroxylation is 1. The number of H-pyrrole nitrogens is 1. The second kappa shape index (κ2) is 7.73. The van der Waals surface area contributed by atoms with Crippen molar-refractivity contribution in [3.63, 3.8) is 0 Å². The summed E-state index contributed by atoms with van der Waals surface area (Å²) < 4.78 is 5.42. The average molecular weight is 399 g/mol. The summed E-state index contributed by atoms with van der Waals surface area (Å²) in [5, 5.41) is 2.95. The fourth-order valence-corrected chi connectivity index (χ4v) is 3.94. The van der Waals surface area contributed by atoms with Crippen LogP contribution >= 0.6 is 0 Å². The minimum absolute atomic E-state index is 0.0665. The van der Waals surface area contributed by atoms with Crippen LogP contribution in [-0.4, -0.2) is 35.0 Å². The molecule has 2 aromatic rings. The summed E-state index contributed by atoms with van der Waals surface area (Å²) >= 11 is 0. The molecule has 0 unspecified atom stereocenters. The molecular formula is C20H25N5O4. The minimum Gasteiger partial charge on any atom is -0.427 e. The summed E-state index contributed by atoms with van der Waals surface area (Å²) in [4.78, 5) is 45.2. The van der Waals surface area contributed by atoms with Crippen LogP contribution in [-0.2, 0) is 0 Å². The molecule has 0 radical (unpaired) electrons. The van der Waals surface area contributed by atoms with E-state index in [0.717, 1.165) is 19.3 Å². The Morgan fingerprint density at radius 1 is 1.24 bits per heavy atom. The van der Waals surface area contributed by atoms with Crippen molar-refractivity contribution in [3.8, 4) is 0 Å². The highest BCUT2D eigenvalue weighted by molar-refractivity contribution is 5.95. The van der Waals surface area contributed by atoms with Gasteiger partial charge in [-0.3, -0.25) is 14.6 Å². The second-order valence-corrected chi connectivity index (χ2v) is 7.85. The average Bonchev–Trinajstić information content (AvgIpc) is 2.59. The van der Waals surface area contributed by atoms with E-state index >= 15 is 0 Å². The fraction of sp³-hybridized carbons (Fsp3) is 0.500. The molecule has 4 rings (SSSR count). The van der Waals surface area contributed by atoms with Crippen molar-refractivity contribution in [3.05, 3.63) is 49.8 Å². The van der Waals surface area contributed by atoms with Gasteiger partial charge in [0.05, 0.1) is 0 Å². The Bertz CT molecular complexity index is 1030. The van der Waals surface area contributed by atoms with Crippen molar-refractivity contribution in [1.82, 2.24) is 15.3 Å². The molecule has 29 heavy (non-hydrogen) atoms. The third kappa shape index (κ3) is 4.03. The van der Waals surface area contributed by atoms with Gasteiger partial charge in [0.2, 0.25) is 5.95 Å². The van der Waals surface area contributed by atoms with Crippen LogP contribution in [0.3, 0.4) is 0 Å². The summed E-state index contributed by atoms with van der Waals surface area (Å²) in [5.41, 5.74) is 5.48. The molecule has 1 saturated heterocycles. The lowest BCUT2D eigenvalue weighted by molar-refractivity contribution is 0.0925. The van der Waals surface area contributed by atoms with E-state index in [9.17, 15) is 14.4 Å². The second-order valence-electron chi connectivity index (χ2n) is 7.85. The highest BCUT2D eigenvalue weighted by atomic mass is 16.4. The fourth-order valence-electron chi connectivity index (χ4n) is 3.94. The molecule has 2 aromatic heterocycles. The molecule has 4 N–H and O–H groups in total. The first-order chi connectivity index (χ1) is 13.9. The number of hydrogen-bond donors (Lipinski definition) is 3. The van der Waals surface area contributed by atoms with Gasteiger partial charge in [0.15, 0.2) is 0 Å². The van der Waals surface area contributed by atoms with Crippen LogP contribution in [0.25, 0.3) is 0 Å². The Balaban J connectivity index is 1.40. The van der Waals surface area contributed by atoms with E-state index < -0.39 is 11.5 Å². The molecule has 0 bridgehead atoms. The molecule has 0 spiro atoms. The number of piperidine rings is 1. The molecule has 9 nitrogen and oxygen atoms in total. The molecule has 1 aliphatic carbocycles. The molecule has 2 aliphatic rings. The molecule has 9 heteroatoms. The number of carbonyl (C=O) groups excluding carboxylic acids is 1. The Labute approximate surface area is 167 Å². The highest BCUT2D eigenvalue weighted by Crippen LogP contribution is 2.36. The standard InChI is InChI=1S/C20H25N5O4/c1-11-9-14(12-3-2-4-12)29-19(28)17(11)18(27)22-13-5-7-25(8-6-13)15-10-16(26)24-20(21)23-15/h9-10,12-13H,2-8H2,1H3,(H,22,27)(H3,21,23,24,26). The topological polar surface area (TPSA) is 134 Å². The molecule has 0 atom stereocenters. The number of anilines is 2. The highest BCUT2D eigenvalue weighted by Gasteiger charge is 2.27. The van der Waals surface area contributed by atoms with Crippen LogP contribution in [0.5, 0.6) is 0 Å². The molecule has 154 valence electrons. The lowest BCUT2D eigenvalue weighted by Gasteiger charge is -2.33. The monoisotopic (exact) mass is 399 g/mol. The number of rotatable bonds is 4. The predicted molar refractivity (Wildman–Crippen MR) is 108 cm³/mol. The molecular weight excluding hydrogens is 374 g/mol. The van der Waals surface area contributed by atoms with Crippen LogP contribution in [0, 0.1) is 6.92 Å². The van der Waals surface area contributed by atoms with Crippen LogP contribution in [0.15, 0.2) is 26.1 Å². The molecule has 1 saturated carbocycles. The molecule has 1 amide bonds. The Hall–Kier alpha value is -3.10. The van der Waals surface area contributed by atoms with Gasteiger partial charge in [0.1, 0.15) is 17.1 Å². The third-order valence-corrected chi connectivity index (χ3v) is 5.80. The van der Waals surface area contributed by atoms with E-state index in [4.69, 9.17) is 10.2 Å². The van der Waals surface area contributed by atoms with Gasteiger partial charge >= 0.3 is 5.63 Å². The normalized spacial score (nSPS) is 17.8. The number of nitrogens with one attached hydrogen (secondary N) is 2. The summed E-state index contributed by atoms with van der Waals surface area (Å²) in [5.74, 6) is 1.20. The largest absolute Gasteiger partial charge is 0.427 e. The van der Waals surface area contributed by atoms with Gasteiger partial charge in [0, 0.05) is 31.1 Å². The van der Waals surface area contributed by atoms with Gasteiger partial charge in [-0.15, -0.1) is 0 Å². The smallest absolute Gasteiger partial charge is 0.349 e. The Kier molecular flexibility index (Phi) is 5.12. The maximum atomic E-state index is 12.7.